The van der Waals surface area contributed by atoms with Gasteiger partial charge in [-0.15, -0.1) is 11.8 Å². The fraction of sp³-hybridized carbons (Fsp3) is 0.143. The number of nitrogens with zero attached hydrogens (tertiary/aromatic N) is 3. The first-order valence-corrected chi connectivity index (χ1v) is 10.4. The van der Waals surface area contributed by atoms with Crippen LogP contribution in [0.5, 0.6) is 0 Å². The van der Waals surface area contributed by atoms with Crippen molar-refractivity contribution in [2.75, 3.05) is 11.6 Å². The van der Waals surface area contributed by atoms with Crippen molar-refractivity contribution in [2.24, 2.45) is 0 Å². The fourth-order valence-electron chi connectivity index (χ4n) is 2.92. The van der Waals surface area contributed by atoms with Gasteiger partial charge in [0.25, 0.3) is 11.5 Å². The summed E-state index contributed by atoms with van der Waals surface area (Å²) in [5.41, 5.74) is 1.87. The van der Waals surface area contributed by atoms with E-state index in [4.69, 9.17) is 4.42 Å². The SMILES string of the molecule is CSc1ccccc1C(=O)Nc1cc(-c2ccco2)nn1-c1nc(C)c(C)c(=O)[nH]1. The highest BCUT2D eigenvalue weighted by Gasteiger charge is 2.19. The highest BCUT2D eigenvalue weighted by atomic mass is 32.2. The minimum absolute atomic E-state index is 0.203. The van der Waals surface area contributed by atoms with Crippen LogP contribution in [0.3, 0.4) is 0 Å². The number of hydrogen-bond acceptors (Lipinski definition) is 6. The number of nitrogens with one attached hydrogen (secondary N) is 2. The lowest BCUT2D eigenvalue weighted by molar-refractivity contribution is 0.102. The summed E-state index contributed by atoms with van der Waals surface area (Å²) in [6.07, 6.45) is 3.45. The van der Waals surface area contributed by atoms with Gasteiger partial charge in [-0.05, 0) is 44.4 Å². The third kappa shape index (κ3) is 3.67. The van der Waals surface area contributed by atoms with E-state index in [0.717, 1.165) is 4.90 Å². The van der Waals surface area contributed by atoms with E-state index in [1.54, 1.807) is 38.1 Å². The van der Waals surface area contributed by atoms with E-state index in [2.05, 4.69) is 20.4 Å². The van der Waals surface area contributed by atoms with Gasteiger partial charge in [0.1, 0.15) is 11.5 Å². The average molecular weight is 421 g/mol. The molecule has 1 amide bonds. The minimum atomic E-state index is -0.293. The Morgan fingerprint density at radius 3 is 2.70 bits per heavy atom. The predicted octanol–water partition coefficient (Wildman–Crippen LogP) is 3.81. The Bertz CT molecular complexity index is 1270. The summed E-state index contributed by atoms with van der Waals surface area (Å²) in [7, 11) is 0. The van der Waals surface area contributed by atoms with Crippen LogP contribution in [0.1, 0.15) is 21.6 Å². The van der Waals surface area contributed by atoms with Gasteiger partial charge in [0.2, 0.25) is 5.95 Å². The number of anilines is 1. The number of carbonyl (C=O) groups is 1. The zero-order chi connectivity index (χ0) is 21.3. The monoisotopic (exact) mass is 421 g/mol. The van der Waals surface area contributed by atoms with Gasteiger partial charge in [0, 0.05) is 22.2 Å². The maximum Gasteiger partial charge on any atom is 0.257 e. The number of thioether (sulfide) groups is 1. The number of amides is 1. The zero-order valence-electron chi connectivity index (χ0n) is 16.6. The molecule has 0 unspecified atom stereocenters. The zero-order valence-corrected chi connectivity index (χ0v) is 17.4. The Hall–Kier alpha value is -3.59. The minimum Gasteiger partial charge on any atom is -0.463 e. The largest absolute Gasteiger partial charge is 0.463 e. The highest BCUT2D eigenvalue weighted by molar-refractivity contribution is 7.98. The number of hydrogen-bond donors (Lipinski definition) is 2. The van der Waals surface area contributed by atoms with Gasteiger partial charge in [-0.2, -0.15) is 9.78 Å². The smallest absolute Gasteiger partial charge is 0.257 e. The van der Waals surface area contributed by atoms with Crippen LogP contribution < -0.4 is 10.9 Å². The molecule has 0 spiro atoms. The molecule has 2 N–H and O–H groups in total. The predicted molar refractivity (Wildman–Crippen MR) is 115 cm³/mol. The van der Waals surface area contributed by atoms with Crippen LogP contribution >= 0.6 is 11.8 Å². The molecule has 3 aromatic heterocycles. The van der Waals surface area contributed by atoms with Crippen LogP contribution in [0.4, 0.5) is 5.82 Å². The van der Waals surface area contributed by atoms with Gasteiger partial charge in [-0.1, -0.05) is 12.1 Å². The third-order valence-corrected chi connectivity index (χ3v) is 5.45. The molecular weight excluding hydrogens is 402 g/mol. The quantitative estimate of drug-likeness (QED) is 0.475. The maximum atomic E-state index is 13.0. The summed E-state index contributed by atoms with van der Waals surface area (Å²) < 4.78 is 6.83. The molecule has 152 valence electrons. The Kier molecular flexibility index (Phi) is 5.28. The molecular formula is C21H19N5O3S. The van der Waals surface area contributed by atoms with Crippen molar-refractivity contribution >= 4 is 23.5 Å². The fourth-order valence-corrected chi connectivity index (χ4v) is 3.52. The summed E-state index contributed by atoms with van der Waals surface area (Å²) in [6, 6.07) is 12.5. The van der Waals surface area contributed by atoms with Crippen molar-refractivity contribution < 1.29 is 9.21 Å². The maximum absolute atomic E-state index is 13.0. The highest BCUT2D eigenvalue weighted by Crippen LogP contribution is 2.26. The summed E-state index contributed by atoms with van der Waals surface area (Å²) in [4.78, 5) is 33.2. The molecule has 0 bridgehead atoms. The second-order valence-corrected chi connectivity index (χ2v) is 7.41. The van der Waals surface area contributed by atoms with Crippen LogP contribution in [0, 0.1) is 13.8 Å². The van der Waals surface area contributed by atoms with Crippen molar-refractivity contribution in [2.45, 2.75) is 18.7 Å². The van der Waals surface area contributed by atoms with Crippen molar-refractivity contribution in [3.05, 3.63) is 75.9 Å². The van der Waals surface area contributed by atoms with Crippen molar-refractivity contribution in [1.82, 2.24) is 19.7 Å². The van der Waals surface area contributed by atoms with E-state index in [9.17, 15) is 9.59 Å². The molecule has 0 atom stereocenters. The van der Waals surface area contributed by atoms with E-state index in [-0.39, 0.29) is 17.4 Å². The van der Waals surface area contributed by atoms with Crippen molar-refractivity contribution in [3.63, 3.8) is 0 Å². The van der Waals surface area contributed by atoms with E-state index in [1.165, 1.54) is 22.7 Å². The second-order valence-electron chi connectivity index (χ2n) is 6.56. The molecule has 0 saturated carbocycles. The molecule has 0 aliphatic carbocycles. The van der Waals surface area contributed by atoms with Crippen LogP contribution in [-0.2, 0) is 0 Å². The van der Waals surface area contributed by atoms with E-state index < -0.39 is 0 Å². The van der Waals surface area contributed by atoms with E-state index in [1.807, 2.05) is 24.5 Å². The van der Waals surface area contributed by atoms with Crippen LogP contribution in [0.15, 0.2) is 62.8 Å². The van der Waals surface area contributed by atoms with Crippen molar-refractivity contribution in [1.29, 1.82) is 0 Å². The number of carbonyl (C=O) groups excluding carboxylic acids is 1. The molecule has 4 rings (SSSR count). The van der Waals surface area contributed by atoms with Gasteiger partial charge in [-0.25, -0.2) is 4.98 Å². The Labute approximate surface area is 176 Å². The van der Waals surface area contributed by atoms with Crippen LogP contribution in [-0.4, -0.2) is 31.9 Å². The Morgan fingerprint density at radius 2 is 2.00 bits per heavy atom. The molecule has 30 heavy (non-hydrogen) atoms. The first-order valence-electron chi connectivity index (χ1n) is 9.14. The molecule has 1 aromatic carbocycles. The molecule has 0 saturated heterocycles. The van der Waals surface area contributed by atoms with Gasteiger partial charge in [0.15, 0.2) is 5.76 Å². The molecule has 4 aromatic rings. The summed E-state index contributed by atoms with van der Waals surface area (Å²) in [6.45, 7) is 3.45. The topological polar surface area (TPSA) is 106 Å². The molecule has 9 heteroatoms. The summed E-state index contributed by atoms with van der Waals surface area (Å²) in [5.74, 6) is 0.793. The number of aromatic nitrogens is 4. The number of aryl methyl sites for hydroxylation is 1. The molecule has 0 aliphatic heterocycles. The van der Waals surface area contributed by atoms with Crippen LogP contribution in [0.2, 0.25) is 0 Å². The number of furan rings is 1. The van der Waals surface area contributed by atoms with Gasteiger partial charge in [-0.3, -0.25) is 14.6 Å². The lowest BCUT2D eigenvalue weighted by Gasteiger charge is -2.10. The van der Waals surface area contributed by atoms with Gasteiger partial charge in [0.05, 0.1) is 11.8 Å². The molecule has 0 radical (unpaired) electrons. The lowest BCUT2D eigenvalue weighted by atomic mass is 10.2. The second kappa shape index (κ2) is 8.03. The molecule has 8 nitrogen and oxygen atoms in total. The number of H-pyrrole nitrogens is 1. The average Bonchev–Trinajstić information content (AvgIpc) is 3.41. The molecule has 0 aliphatic rings. The van der Waals surface area contributed by atoms with Crippen molar-refractivity contribution in [3.8, 4) is 17.4 Å². The Morgan fingerprint density at radius 1 is 1.20 bits per heavy atom. The Balaban J connectivity index is 1.80. The number of rotatable bonds is 5. The van der Waals surface area contributed by atoms with Gasteiger partial charge < -0.3 is 9.73 Å². The van der Waals surface area contributed by atoms with E-state index in [0.29, 0.717) is 34.1 Å². The first-order chi connectivity index (χ1) is 14.5. The van der Waals surface area contributed by atoms with E-state index >= 15 is 0 Å². The number of aromatic amines is 1. The normalized spacial score (nSPS) is 10.9. The molecule has 0 fully saturated rings. The molecule has 3 heterocycles. The summed E-state index contributed by atoms with van der Waals surface area (Å²) >= 11 is 1.49. The number of benzene rings is 1. The van der Waals surface area contributed by atoms with Crippen LogP contribution in [0.25, 0.3) is 17.4 Å². The lowest BCUT2D eigenvalue weighted by Crippen LogP contribution is -2.21. The van der Waals surface area contributed by atoms with Gasteiger partial charge >= 0.3 is 0 Å². The first kappa shape index (κ1) is 19.7. The standard InChI is InChI=1S/C21H19N5O3S/c1-12-13(2)22-21(24-19(12)27)26-18(11-15(25-26)16-8-6-10-29-16)23-20(28)14-7-4-5-9-17(14)30-3/h4-11H,1-3H3,(H,23,28)(H,22,24,27). The summed E-state index contributed by atoms with van der Waals surface area (Å²) in [5, 5.41) is 7.37. The third-order valence-electron chi connectivity index (χ3n) is 4.66.